The van der Waals surface area contributed by atoms with Crippen molar-refractivity contribution in [1.29, 1.82) is 0 Å². The summed E-state index contributed by atoms with van der Waals surface area (Å²) in [6, 6.07) is 2.76. The number of benzene rings is 1. The van der Waals surface area contributed by atoms with Gasteiger partial charge in [-0.2, -0.15) is 13.2 Å². The van der Waals surface area contributed by atoms with Crippen molar-refractivity contribution in [3.63, 3.8) is 0 Å². The van der Waals surface area contributed by atoms with E-state index in [4.69, 9.17) is 0 Å². The van der Waals surface area contributed by atoms with E-state index in [0.29, 0.717) is 12.5 Å². The van der Waals surface area contributed by atoms with Crippen molar-refractivity contribution in [1.82, 2.24) is 0 Å². The summed E-state index contributed by atoms with van der Waals surface area (Å²) in [4.78, 5) is 11.3. The summed E-state index contributed by atoms with van der Waals surface area (Å²) in [6.45, 7) is 2.32. The number of halogens is 3. The normalized spacial score (nSPS) is 23.2. The van der Waals surface area contributed by atoms with Gasteiger partial charge in [-0.05, 0) is 18.4 Å². The van der Waals surface area contributed by atoms with Crippen molar-refractivity contribution in [2.45, 2.75) is 25.6 Å². The molecule has 1 fully saturated rings. The third kappa shape index (κ3) is 3.26. The van der Waals surface area contributed by atoms with Crippen LogP contribution in [0.25, 0.3) is 0 Å². The Balaban J connectivity index is 2.41. The van der Waals surface area contributed by atoms with E-state index >= 15 is 0 Å². The molecule has 8 heteroatoms. The number of alkyl halides is 3. The van der Waals surface area contributed by atoms with Gasteiger partial charge < -0.3 is 10.0 Å². The van der Waals surface area contributed by atoms with Crippen molar-refractivity contribution in [2.75, 3.05) is 18.0 Å². The van der Waals surface area contributed by atoms with E-state index in [1.807, 2.05) is 0 Å². The van der Waals surface area contributed by atoms with E-state index < -0.39 is 28.5 Å². The van der Waals surface area contributed by atoms with E-state index in [1.54, 1.807) is 6.92 Å². The summed E-state index contributed by atoms with van der Waals surface area (Å²) in [5, 5.41) is 20.3. The van der Waals surface area contributed by atoms with Gasteiger partial charge in [-0.25, -0.2) is 0 Å². The van der Waals surface area contributed by atoms with Crippen LogP contribution in [0.2, 0.25) is 0 Å². The first-order valence-corrected chi connectivity index (χ1v) is 6.49. The van der Waals surface area contributed by atoms with Crippen LogP contribution >= 0.6 is 0 Å². The van der Waals surface area contributed by atoms with Gasteiger partial charge in [0.15, 0.2) is 0 Å². The van der Waals surface area contributed by atoms with Gasteiger partial charge in [-0.1, -0.05) is 6.92 Å². The number of hydrogen-bond donors (Lipinski definition) is 1. The minimum Gasteiger partial charge on any atom is -0.393 e. The number of hydrogen-bond acceptors (Lipinski definition) is 4. The highest BCUT2D eigenvalue weighted by Gasteiger charge is 2.37. The van der Waals surface area contributed by atoms with Gasteiger partial charge in [0.2, 0.25) is 0 Å². The Morgan fingerprint density at radius 3 is 2.62 bits per heavy atom. The lowest BCUT2D eigenvalue weighted by Crippen LogP contribution is -2.42. The van der Waals surface area contributed by atoms with E-state index in [2.05, 4.69) is 0 Å². The second kappa shape index (κ2) is 5.51. The van der Waals surface area contributed by atoms with Gasteiger partial charge in [0.05, 0.1) is 16.6 Å². The van der Waals surface area contributed by atoms with Gasteiger partial charge >= 0.3 is 6.18 Å². The van der Waals surface area contributed by atoms with Gasteiger partial charge in [0.1, 0.15) is 0 Å². The highest BCUT2D eigenvalue weighted by atomic mass is 19.4. The van der Waals surface area contributed by atoms with Gasteiger partial charge in [-0.15, -0.1) is 0 Å². The first-order chi connectivity index (χ1) is 9.70. The minimum atomic E-state index is -4.67. The van der Waals surface area contributed by atoms with Crippen LogP contribution in [0.4, 0.5) is 24.5 Å². The Hall–Kier alpha value is -1.83. The van der Waals surface area contributed by atoms with Crippen molar-refractivity contribution >= 4 is 11.4 Å². The molecule has 0 spiro atoms. The molecule has 0 aliphatic carbocycles. The zero-order chi connectivity index (χ0) is 15.8. The number of nitrogens with zero attached hydrogens (tertiary/aromatic N) is 2. The van der Waals surface area contributed by atoms with E-state index in [0.717, 1.165) is 12.1 Å². The van der Waals surface area contributed by atoms with Crippen molar-refractivity contribution in [3.8, 4) is 0 Å². The second-order valence-electron chi connectivity index (χ2n) is 5.24. The summed E-state index contributed by atoms with van der Waals surface area (Å²) < 4.78 is 39.4. The molecule has 5 nitrogen and oxygen atoms in total. The molecule has 0 bridgehead atoms. The molecular formula is C13H15F3N2O3. The van der Waals surface area contributed by atoms with Crippen molar-refractivity contribution in [3.05, 3.63) is 33.9 Å². The Morgan fingerprint density at radius 1 is 1.43 bits per heavy atom. The molecule has 1 aliphatic rings. The SMILES string of the molecule is CC1CN(c2ccc([N+](=O)[O-])cc2C(F)(F)F)CCC1O. The average molecular weight is 304 g/mol. The molecule has 0 amide bonds. The number of nitro groups is 1. The maximum Gasteiger partial charge on any atom is 0.418 e. The molecule has 1 aromatic rings. The second-order valence-corrected chi connectivity index (χ2v) is 5.24. The fourth-order valence-corrected chi connectivity index (χ4v) is 2.49. The maximum absolute atomic E-state index is 13.1. The third-order valence-electron chi connectivity index (χ3n) is 3.70. The van der Waals surface area contributed by atoms with Gasteiger partial charge in [0, 0.05) is 30.9 Å². The van der Waals surface area contributed by atoms with Crippen LogP contribution in [0, 0.1) is 16.0 Å². The summed E-state index contributed by atoms with van der Waals surface area (Å²) >= 11 is 0. The highest BCUT2D eigenvalue weighted by Crippen LogP contribution is 2.39. The quantitative estimate of drug-likeness (QED) is 0.674. The summed E-state index contributed by atoms with van der Waals surface area (Å²) in [6.07, 6.45) is -4.83. The molecule has 0 saturated carbocycles. The molecule has 1 aromatic carbocycles. The predicted octanol–water partition coefficient (Wildman–Crippen LogP) is 2.82. The van der Waals surface area contributed by atoms with Crippen LogP contribution in [0.3, 0.4) is 0 Å². The summed E-state index contributed by atoms with van der Waals surface area (Å²) in [5.74, 6) is -0.157. The summed E-state index contributed by atoms with van der Waals surface area (Å²) in [5.41, 5.74) is -1.68. The Labute approximate surface area is 119 Å². The number of non-ortho nitro benzene ring substituents is 1. The molecule has 1 saturated heterocycles. The Morgan fingerprint density at radius 2 is 2.10 bits per heavy atom. The lowest BCUT2D eigenvalue weighted by atomic mass is 9.95. The number of rotatable bonds is 2. The lowest BCUT2D eigenvalue weighted by Gasteiger charge is -2.37. The van der Waals surface area contributed by atoms with Crippen LogP contribution in [-0.2, 0) is 6.18 Å². The van der Waals surface area contributed by atoms with Gasteiger partial charge in [0.25, 0.3) is 5.69 Å². The zero-order valence-electron chi connectivity index (χ0n) is 11.3. The van der Waals surface area contributed by atoms with Crippen LogP contribution in [-0.4, -0.2) is 29.2 Å². The van der Waals surface area contributed by atoms with Gasteiger partial charge in [-0.3, -0.25) is 10.1 Å². The predicted molar refractivity (Wildman–Crippen MR) is 70.1 cm³/mol. The smallest absolute Gasteiger partial charge is 0.393 e. The number of aliphatic hydroxyl groups excluding tert-OH is 1. The fraction of sp³-hybridized carbons (Fsp3) is 0.538. The molecule has 2 atom stereocenters. The van der Waals surface area contributed by atoms with E-state index in [-0.39, 0.29) is 24.7 Å². The highest BCUT2D eigenvalue weighted by molar-refractivity contribution is 5.59. The largest absolute Gasteiger partial charge is 0.418 e. The molecule has 2 unspecified atom stereocenters. The minimum absolute atomic E-state index is 0.0770. The Kier molecular flexibility index (Phi) is 4.08. The van der Waals surface area contributed by atoms with Crippen LogP contribution in [0.15, 0.2) is 18.2 Å². The zero-order valence-corrected chi connectivity index (χ0v) is 11.3. The number of nitro benzene ring substituents is 1. The number of piperidine rings is 1. The first kappa shape index (κ1) is 15.6. The molecule has 2 rings (SSSR count). The molecular weight excluding hydrogens is 289 g/mol. The number of anilines is 1. The number of aliphatic hydroxyl groups is 1. The molecule has 116 valence electrons. The molecule has 1 heterocycles. The molecule has 0 radical (unpaired) electrons. The van der Waals surface area contributed by atoms with Crippen LogP contribution < -0.4 is 4.90 Å². The fourth-order valence-electron chi connectivity index (χ4n) is 2.49. The van der Waals surface area contributed by atoms with E-state index in [1.165, 1.54) is 4.90 Å². The third-order valence-corrected chi connectivity index (χ3v) is 3.70. The topological polar surface area (TPSA) is 66.6 Å². The molecule has 1 aliphatic heterocycles. The lowest BCUT2D eigenvalue weighted by molar-refractivity contribution is -0.385. The standard InChI is InChI=1S/C13H15F3N2O3/c1-8-7-17(5-4-12(8)19)11-3-2-9(18(20)21)6-10(11)13(14,15)16/h2-3,6,8,12,19H,4-5,7H2,1H3. The molecule has 0 aromatic heterocycles. The molecule has 1 N–H and O–H groups in total. The summed E-state index contributed by atoms with van der Waals surface area (Å²) in [7, 11) is 0. The first-order valence-electron chi connectivity index (χ1n) is 6.49. The van der Waals surface area contributed by atoms with Crippen molar-refractivity contribution in [2.24, 2.45) is 5.92 Å². The van der Waals surface area contributed by atoms with Crippen molar-refractivity contribution < 1.29 is 23.2 Å². The average Bonchev–Trinajstić information content (AvgIpc) is 2.40. The Bertz CT molecular complexity index is 548. The van der Waals surface area contributed by atoms with Crippen LogP contribution in [0.5, 0.6) is 0 Å². The molecule has 21 heavy (non-hydrogen) atoms. The van der Waals surface area contributed by atoms with E-state index in [9.17, 15) is 28.4 Å². The maximum atomic E-state index is 13.1. The van der Waals surface area contributed by atoms with Crippen LogP contribution in [0.1, 0.15) is 18.9 Å². The monoisotopic (exact) mass is 304 g/mol.